The van der Waals surface area contributed by atoms with E-state index < -0.39 is 0 Å². The number of carbonyl (C=O) groups is 1. The first-order chi connectivity index (χ1) is 7.70. The summed E-state index contributed by atoms with van der Waals surface area (Å²) in [6, 6.07) is 0. The van der Waals surface area contributed by atoms with Crippen molar-refractivity contribution >= 4 is 22.4 Å². The van der Waals surface area contributed by atoms with E-state index in [0.717, 1.165) is 24.5 Å². The Balaban J connectivity index is 1.96. The van der Waals surface area contributed by atoms with Gasteiger partial charge in [-0.05, 0) is 18.9 Å². The molecule has 5 nitrogen and oxygen atoms in total. The van der Waals surface area contributed by atoms with E-state index in [0.29, 0.717) is 11.0 Å². The molecular formula is C10H16N4OS. The van der Waals surface area contributed by atoms with Crippen LogP contribution in [0, 0.1) is 11.8 Å². The zero-order valence-corrected chi connectivity index (χ0v) is 10.3. The van der Waals surface area contributed by atoms with Crippen molar-refractivity contribution < 1.29 is 4.79 Å². The topological polar surface area (TPSA) is 66.9 Å². The molecule has 0 aliphatic carbocycles. The molecule has 0 saturated carbocycles. The van der Waals surface area contributed by atoms with Gasteiger partial charge < -0.3 is 10.6 Å². The van der Waals surface area contributed by atoms with Crippen LogP contribution < -0.4 is 10.6 Å². The highest BCUT2D eigenvalue weighted by Gasteiger charge is 2.29. The molecule has 2 atom stereocenters. The van der Waals surface area contributed by atoms with Crippen molar-refractivity contribution in [3.05, 3.63) is 5.01 Å². The number of nitrogens with one attached hydrogen (secondary N) is 2. The van der Waals surface area contributed by atoms with Gasteiger partial charge in [0.25, 0.3) is 0 Å². The molecule has 1 aromatic heterocycles. The molecule has 2 N–H and O–H groups in total. The highest BCUT2D eigenvalue weighted by atomic mass is 32.1. The Kier molecular flexibility index (Phi) is 3.50. The Bertz CT molecular complexity index is 379. The second-order valence-corrected chi connectivity index (χ2v) is 5.15. The van der Waals surface area contributed by atoms with Gasteiger partial charge in [0, 0.05) is 6.54 Å². The molecule has 1 aromatic rings. The first kappa shape index (κ1) is 11.5. The lowest BCUT2D eigenvalue weighted by Gasteiger charge is -2.11. The second-order valence-electron chi connectivity index (χ2n) is 4.09. The van der Waals surface area contributed by atoms with Crippen molar-refractivity contribution in [1.82, 2.24) is 15.5 Å². The zero-order chi connectivity index (χ0) is 11.5. The van der Waals surface area contributed by atoms with E-state index in [4.69, 9.17) is 0 Å². The molecule has 6 heteroatoms. The van der Waals surface area contributed by atoms with Crippen LogP contribution in [0.5, 0.6) is 0 Å². The molecule has 1 aliphatic heterocycles. The first-order valence-electron chi connectivity index (χ1n) is 5.54. The highest BCUT2D eigenvalue weighted by molar-refractivity contribution is 7.15. The Labute approximate surface area is 98.7 Å². The Morgan fingerprint density at radius 1 is 1.56 bits per heavy atom. The van der Waals surface area contributed by atoms with Crippen LogP contribution >= 0.6 is 11.3 Å². The quantitative estimate of drug-likeness (QED) is 0.823. The smallest absolute Gasteiger partial charge is 0.230 e. The maximum Gasteiger partial charge on any atom is 0.230 e. The predicted molar refractivity (Wildman–Crippen MR) is 63.4 cm³/mol. The summed E-state index contributed by atoms with van der Waals surface area (Å²) in [4.78, 5) is 11.9. The molecule has 0 unspecified atom stereocenters. The zero-order valence-electron chi connectivity index (χ0n) is 9.49. The van der Waals surface area contributed by atoms with Gasteiger partial charge in [0.05, 0.1) is 5.92 Å². The van der Waals surface area contributed by atoms with Crippen LogP contribution in [0.3, 0.4) is 0 Å². The molecular weight excluding hydrogens is 224 g/mol. The van der Waals surface area contributed by atoms with E-state index in [9.17, 15) is 4.79 Å². The van der Waals surface area contributed by atoms with Crippen LogP contribution in [0.25, 0.3) is 0 Å². The molecule has 1 fully saturated rings. The molecule has 2 heterocycles. The summed E-state index contributed by atoms with van der Waals surface area (Å²) in [5.74, 6) is 0.490. The molecule has 1 aliphatic rings. The average molecular weight is 240 g/mol. The SMILES string of the molecule is CCc1nnc(NC(=O)[C@@H]2CNC[C@H]2C)s1. The van der Waals surface area contributed by atoms with E-state index >= 15 is 0 Å². The average Bonchev–Trinajstić information content (AvgIpc) is 2.86. The Hall–Kier alpha value is -1.01. The van der Waals surface area contributed by atoms with Crippen molar-refractivity contribution in [2.24, 2.45) is 11.8 Å². The number of anilines is 1. The summed E-state index contributed by atoms with van der Waals surface area (Å²) in [7, 11) is 0. The summed E-state index contributed by atoms with van der Waals surface area (Å²) in [6.45, 7) is 5.78. The molecule has 16 heavy (non-hydrogen) atoms. The molecule has 0 aromatic carbocycles. The first-order valence-corrected chi connectivity index (χ1v) is 6.36. The van der Waals surface area contributed by atoms with Crippen molar-refractivity contribution in [2.75, 3.05) is 18.4 Å². The van der Waals surface area contributed by atoms with Crippen molar-refractivity contribution in [1.29, 1.82) is 0 Å². The van der Waals surface area contributed by atoms with Crippen molar-refractivity contribution in [2.45, 2.75) is 20.3 Å². The Morgan fingerprint density at radius 2 is 2.38 bits per heavy atom. The molecule has 1 saturated heterocycles. The van der Waals surface area contributed by atoms with Gasteiger partial charge in [-0.2, -0.15) is 0 Å². The third-order valence-corrected chi connectivity index (χ3v) is 3.84. The van der Waals surface area contributed by atoms with E-state index in [2.05, 4.69) is 27.8 Å². The largest absolute Gasteiger partial charge is 0.316 e. The minimum atomic E-state index is 0.0500. The molecule has 1 amide bonds. The van der Waals surface area contributed by atoms with Gasteiger partial charge in [0.1, 0.15) is 5.01 Å². The number of hydrogen-bond donors (Lipinski definition) is 2. The van der Waals surface area contributed by atoms with Crippen LogP contribution in [0.1, 0.15) is 18.9 Å². The van der Waals surface area contributed by atoms with Crippen LogP contribution in [0.4, 0.5) is 5.13 Å². The lowest BCUT2D eigenvalue weighted by atomic mass is 9.97. The number of hydrogen-bond acceptors (Lipinski definition) is 5. The van der Waals surface area contributed by atoms with Crippen LogP contribution in [0.2, 0.25) is 0 Å². The lowest BCUT2D eigenvalue weighted by molar-refractivity contribution is -0.120. The summed E-state index contributed by atoms with van der Waals surface area (Å²) in [5.41, 5.74) is 0. The minimum Gasteiger partial charge on any atom is -0.316 e. The van der Waals surface area contributed by atoms with E-state index in [1.54, 1.807) is 0 Å². The number of aromatic nitrogens is 2. The van der Waals surface area contributed by atoms with Gasteiger partial charge >= 0.3 is 0 Å². The molecule has 0 bridgehead atoms. The summed E-state index contributed by atoms with van der Waals surface area (Å²) in [5, 5.41) is 15.5. The van der Waals surface area contributed by atoms with Crippen molar-refractivity contribution in [3.63, 3.8) is 0 Å². The van der Waals surface area contributed by atoms with E-state index in [-0.39, 0.29) is 11.8 Å². The lowest BCUT2D eigenvalue weighted by Crippen LogP contribution is -2.27. The molecule has 0 radical (unpaired) electrons. The molecule has 0 spiro atoms. The number of amides is 1. The molecule has 88 valence electrons. The van der Waals surface area contributed by atoms with E-state index in [1.807, 2.05) is 6.92 Å². The third-order valence-electron chi connectivity index (χ3n) is 2.85. The third kappa shape index (κ3) is 2.38. The summed E-state index contributed by atoms with van der Waals surface area (Å²) in [6.07, 6.45) is 0.856. The standard InChI is InChI=1S/C10H16N4OS/c1-3-8-13-14-10(16-8)12-9(15)7-5-11-4-6(7)2/h6-7,11H,3-5H2,1-2H3,(H,12,14,15)/t6-,7-/m1/s1. The second kappa shape index (κ2) is 4.88. The van der Waals surface area contributed by atoms with Gasteiger partial charge in [0.15, 0.2) is 0 Å². The summed E-state index contributed by atoms with van der Waals surface area (Å²) >= 11 is 1.45. The van der Waals surface area contributed by atoms with Gasteiger partial charge in [-0.25, -0.2) is 0 Å². The molecule has 2 rings (SSSR count). The summed E-state index contributed by atoms with van der Waals surface area (Å²) < 4.78 is 0. The number of carbonyl (C=O) groups excluding carboxylic acids is 1. The number of rotatable bonds is 3. The minimum absolute atomic E-state index is 0.0500. The van der Waals surface area contributed by atoms with Crippen LogP contribution in [0.15, 0.2) is 0 Å². The van der Waals surface area contributed by atoms with Gasteiger partial charge in [-0.3, -0.25) is 4.79 Å². The fourth-order valence-electron chi connectivity index (χ4n) is 1.81. The van der Waals surface area contributed by atoms with Gasteiger partial charge in [-0.15, -0.1) is 10.2 Å². The Morgan fingerprint density at radius 3 is 2.94 bits per heavy atom. The predicted octanol–water partition coefficient (Wildman–Crippen LogP) is 0.894. The van der Waals surface area contributed by atoms with Crippen LogP contribution in [-0.4, -0.2) is 29.2 Å². The fraction of sp³-hybridized carbons (Fsp3) is 0.700. The maximum atomic E-state index is 11.9. The fourth-order valence-corrected chi connectivity index (χ4v) is 2.49. The normalized spacial score (nSPS) is 24.6. The van der Waals surface area contributed by atoms with Gasteiger partial charge in [0.2, 0.25) is 11.0 Å². The number of aryl methyl sites for hydroxylation is 1. The maximum absolute atomic E-state index is 11.9. The van der Waals surface area contributed by atoms with Gasteiger partial charge in [-0.1, -0.05) is 25.2 Å². The monoisotopic (exact) mass is 240 g/mol. The number of nitrogens with zero attached hydrogens (tertiary/aromatic N) is 2. The van der Waals surface area contributed by atoms with E-state index in [1.165, 1.54) is 11.3 Å². The van der Waals surface area contributed by atoms with Crippen LogP contribution in [-0.2, 0) is 11.2 Å². The van der Waals surface area contributed by atoms with Crippen molar-refractivity contribution in [3.8, 4) is 0 Å². The highest BCUT2D eigenvalue weighted by Crippen LogP contribution is 2.20.